The highest BCUT2D eigenvalue weighted by atomic mass is 16.2. The highest BCUT2D eigenvalue weighted by molar-refractivity contribution is 6.08. The van der Waals surface area contributed by atoms with Crippen LogP contribution < -0.4 is 10.9 Å². The number of nitrogens with one attached hydrogen (secondary N) is 1. The fraction of sp³-hybridized carbons (Fsp3) is 0.136. The van der Waals surface area contributed by atoms with Crippen molar-refractivity contribution in [2.75, 3.05) is 5.32 Å². The molecule has 2 aromatic rings. The van der Waals surface area contributed by atoms with E-state index in [9.17, 15) is 9.59 Å². The van der Waals surface area contributed by atoms with Crippen molar-refractivity contribution in [3.05, 3.63) is 88.5 Å². The number of pyridine rings is 1. The maximum Gasteiger partial charge on any atom is 0.282 e. The Hall–Kier alpha value is -3.67. The summed E-state index contributed by atoms with van der Waals surface area (Å²) < 4.78 is 3.04. The van der Waals surface area contributed by atoms with Crippen LogP contribution in [0.1, 0.15) is 22.8 Å². The Bertz CT molecular complexity index is 1160. The van der Waals surface area contributed by atoms with E-state index in [1.807, 2.05) is 54.6 Å². The SMILES string of the molecule is CCc1ccc(NC(=O)c2cn(C)cc3c(=O)n(-c4ccccc4)nc2-3)cc1. The summed E-state index contributed by atoms with van der Waals surface area (Å²) in [6.45, 7) is 2.08. The Kier molecular flexibility index (Phi) is 4.53. The third-order valence-electron chi connectivity index (χ3n) is 4.66. The summed E-state index contributed by atoms with van der Waals surface area (Å²) in [5.74, 6) is -0.303. The van der Waals surface area contributed by atoms with Crippen molar-refractivity contribution in [2.45, 2.75) is 13.3 Å². The van der Waals surface area contributed by atoms with Crippen LogP contribution in [0.25, 0.3) is 16.9 Å². The van der Waals surface area contributed by atoms with Crippen molar-refractivity contribution < 1.29 is 4.79 Å². The quantitative estimate of drug-likeness (QED) is 0.596. The molecule has 4 rings (SSSR count). The number of hydrogen-bond acceptors (Lipinski definition) is 3. The number of rotatable bonds is 4. The van der Waals surface area contributed by atoms with Gasteiger partial charge in [-0.25, -0.2) is 0 Å². The molecule has 2 aliphatic rings. The molecule has 0 saturated heterocycles. The van der Waals surface area contributed by atoms with E-state index in [0.29, 0.717) is 28.2 Å². The zero-order chi connectivity index (χ0) is 19.7. The van der Waals surface area contributed by atoms with Crippen molar-refractivity contribution in [3.63, 3.8) is 0 Å². The van der Waals surface area contributed by atoms with Crippen molar-refractivity contribution >= 4 is 11.6 Å². The van der Waals surface area contributed by atoms with Gasteiger partial charge in [-0.2, -0.15) is 9.78 Å². The summed E-state index contributed by atoms with van der Waals surface area (Å²) in [4.78, 5) is 25.8. The van der Waals surface area contributed by atoms with E-state index in [0.717, 1.165) is 6.42 Å². The van der Waals surface area contributed by atoms with Gasteiger partial charge >= 0.3 is 0 Å². The maximum absolute atomic E-state index is 12.9. The van der Waals surface area contributed by atoms with Crippen molar-refractivity contribution in [3.8, 4) is 16.9 Å². The second-order valence-electron chi connectivity index (χ2n) is 6.66. The molecule has 0 spiro atoms. The third-order valence-corrected chi connectivity index (χ3v) is 4.66. The van der Waals surface area contributed by atoms with Gasteiger partial charge in [-0.15, -0.1) is 0 Å². The summed E-state index contributed by atoms with van der Waals surface area (Å²) >= 11 is 0. The van der Waals surface area contributed by atoms with Crippen molar-refractivity contribution in [1.82, 2.24) is 14.3 Å². The molecule has 6 heteroatoms. The standard InChI is InChI=1S/C22H20N4O2/c1-3-15-9-11-16(12-10-15)23-21(27)18-13-25(2)14-19-20(18)24-26(22(19)28)17-7-5-4-6-8-17/h4-14H,3H2,1-2H3,(H,23,27). The zero-order valence-corrected chi connectivity index (χ0v) is 15.7. The molecule has 2 aliphatic heterocycles. The van der Waals surface area contributed by atoms with Crippen LogP contribution in [0.2, 0.25) is 0 Å². The minimum absolute atomic E-state index is 0.251. The lowest BCUT2D eigenvalue weighted by atomic mass is 10.1. The monoisotopic (exact) mass is 372 g/mol. The molecular weight excluding hydrogens is 352 g/mol. The molecule has 1 N–H and O–H groups in total. The van der Waals surface area contributed by atoms with Gasteiger partial charge in [0, 0.05) is 25.1 Å². The summed E-state index contributed by atoms with van der Waals surface area (Å²) in [6.07, 6.45) is 4.31. The largest absolute Gasteiger partial charge is 0.356 e. The predicted molar refractivity (Wildman–Crippen MR) is 109 cm³/mol. The molecule has 0 fully saturated rings. The topological polar surface area (TPSA) is 68.9 Å². The van der Waals surface area contributed by atoms with Gasteiger partial charge in [-0.3, -0.25) is 9.59 Å². The number of nitrogens with zero attached hydrogens (tertiary/aromatic N) is 3. The Balaban J connectivity index is 1.76. The average Bonchev–Trinajstić information content (AvgIpc) is 3.05. The molecule has 140 valence electrons. The molecule has 0 unspecified atom stereocenters. The normalized spacial score (nSPS) is 10.9. The van der Waals surface area contributed by atoms with E-state index in [1.54, 1.807) is 24.0 Å². The molecular formula is C22H20N4O2. The first kappa shape index (κ1) is 17.7. The van der Waals surface area contributed by atoms with Crippen molar-refractivity contribution in [2.24, 2.45) is 7.05 Å². The molecule has 1 amide bonds. The molecule has 2 heterocycles. The van der Waals surface area contributed by atoms with Crippen LogP contribution in [0.5, 0.6) is 0 Å². The Labute approximate surface area is 162 Å². The first-order chi connectivity index (χ1) is 13.6. The lowest BCUT2D eigenvalue weighted by Crippen LogP contribution is -2.17. The van der Waals surface area contributed by atoms with E-state index >= 15 is 0 Å². The van der Waals surface area contributed by atoms with Crippen LogP contribution in [0, 0.1) is 0 Å². The summed E-state index contributed by atoms with van der Waals surface area (Å²) in [7, 11) is 1.78. The number of hydrogen-bond donors (Lipinski definition) is 1. The van der Waals surface area contributed by atoms with E-state index in [-0.39, 0.29) is 11.5 Å². The first-order valence-corrected chi connectivity index (χ1v) is 9.11. The fourth-order valence-electron chi connectivity index (χ4n) is 3.17. The van der Waals surface area contributed by atoms with E-state index < -0.39 is 0 Å². The first-order valence-electron chi connectivity index (χ1n) is 9.11. The van der Waals surface area contributed by atoms with Crippen LogP contribution in [-0.4, -0.2) is 20.3 Å². The number of aryl methyl sites for hydroxylation is 2. The summed E-state index contributed by atoms with van der Waals surface area (Å²) in [5, 5.41) is 7.34. The molecule has 0 saturated carbocycles. The molecule has 6 nitrogen and oxygen atoms in total. The summed E-state index contributed by atoms with van der Waals surface area (Å²) in [6, 6.07) is 16.9. The highest BCUT2D eigenvalue weighted by Gasteiger charge is 2.24. The van der Waals surface area contributed by atoms with E-state index in [2.05, 4.69) is 17.3 Å². The number of anilines is 1. The Morgan fingerprint density at radius 2 is 1.75 bits per heavy atom. The van der Waals surface area contributed by atoms with Gasteiger partial charge in [0.25, 0.3) is 11.5 Å². The summed E-state index contributed by atoms with van der Waals surface area (Å²) in [5.41, 5.74) is 3.45. The third kappa shape index (κ3) is 3.20. The van der Waals surface area contributed by atoms with Crippen LogP contribution in [-0.2, 0) is 13.5 Å². The number of benzene rings is 2. The number of amides is 1. The number of carbonyl (C=O) groups is 1. The minimum atomic E-state index is -0.303. The smallest absolute Gasteiger partial charge is 0.282 e. The lowest BCUT2D eigenvalue weighted by molar-refractivity contribution is 0.102. The Morgan fingerprint density at radius 1 is 1.04 bits per heavy atom. The van der Waals surface area contributed by atoms with Gasteiger partial charge in [0.15, 0.2) is 0 Å². The molecule has 0 atom stereocenters. The number of aromatic nitrogens is 3. The van der Waals surface area contributed by atoms with Gasteiger partial charge in [0.1, 0.15) is 5.69 Å². The van der Waals surface area contributed by atoms with Gasteiger partial charge in [-0.1, -0.05) is 37.3 Å². The fourth-order valence-corrected chi connectivity index (χ4v) is 3.17. The molecule has 0 aromatic heterocycles. The number of carbonyl (C=O) groups excluding carboxylic acids is 1. The van der Waals surface area contributed by atoms with Gasteiger partial charge < -0.3 is 9.88 Å². The van der Waals surface area contributed by atoms with E-state index in [1.165, 1.54) is 10.2 Å². The van der Waals surface area contributed by atoms with E-state index in [4.69, 9.17) is 0 Å². The molecule has 0 bridgehead atoms. The second-order valence-corrected chi connectivity index (χ2v) is 6.66. The van der Waals surface area contributed by atoms with Gasteiger partial charge in [-0.05, 0) is 36.2 Å². The number of fused-ring (bicyclic) bond motifs is 1. The Morgan fingerprint density at radius 3 is 2.43 bits per heavy atom. The van der Waals surface area contributed by atoms with Crippen LogP contribution in [0.4, 0.5) is 5.69 Å². The number of para-hydroxylation sites is 1. The zero-order valence-electron chi connectivity index (χ0n) is 15.7. The van der Waals surface area contributed by atoms with Crippen LogP contribution in [0.3, 0.4) is 0 Å². The molecule has 2 aromatic carbocycles. The highest BCUT2D eigenvalue weighted by Crippen LogP contribution is 2.23. The average molecular weight is 372 g/mol. The van der Waals surface area contributed by atoms with Gasteiger partial charge in [0.2, 0.25) is 0 Å². The maximum atomic E-state index is 12.9. The molecule has 0 aliphatic carbocycles. The molecule has 0 radical (unpaired) electrons. The predicted octanol–water partition coefficient (Wildman–Crippen LogP) is 3.49. The lowest BCUT2D eigenvalue weighted by Gasteiger charge is -2.10. The molecule has 28 heavy (non-hydrogen) atoms. The van der Waals surface area contributed by atoms with Crippen LogP contribution >= 0.6 is 0 Å². The van der Waals surface area contributed by atoms with Crippen LogP contribution in [0.15, 0.2) is 71.8 Å². The second kappa shape index (κ2) is 7.15. The van der Waals surface area contributed by atoms with Crippen molar-refractivity contribution in [1.29, 1.82) is 0 Å². The minimum Gasteiger partial charge on any atom is -0.356 e. The van der Waals surface area contributed by atoms with Gasteiger partial charge in [0.05, 0.1) is 16.8 Å².